The molecule has 0 aromatic heterocycles. The van der Waals surface area contributed by atoms with Crippen LogP contribution in [0.1, 0.15) is 5.56 Å². The predicted octanol–water partition coefficient (Wildman–Crippen LogP) is 2.15. The van der Waals surface area contributed by atoms with Gasteiger partial charge in [-0.3, -0.25) is 4.99 Å². The highest BCUT2D eigenvalue weighted by molar-refractivity contribution is 5.85. The molecule has 0 bridgehead atoms. The van der Waals surface area contributed by atoms with Crippen LogP contribution in [0.15, 0.2) is 53.5 Å². The van der Waals surface area contributed by atoms with Gasteiger partial charge in [0, 0.05) is 11.8 Å². The van der Waals surface area contributed by atoms with Crippen molar-refractivity contribution in [2.75, 3.05) is 0 Å². The number of aromatic hydroxyl groups is 2. The standard InChI is InChI=1S/C13H11NO2.2HNO3/c15-12-7-3-1-5-10(12)9-14-11-6-2-4-8-13(11)16;2*2-1(3)4/h1-9,15-16H;2*(H,2,3,4). The monoisotopic (exact) mass is 339 g/mol. The van der Waals surface area contributed by atoms with E-state index in [0.29, 0.717) is 11.3 Å². The molecule has 2 rings (SSSR count). The Bertz CT molecular complexity index is 638. The number of rotatable bonds is 2. The van der Waals surface area contributed by atoms with Crippen molar-refractivity contribution < 1.29 is 30.8 Å². The molecule has 2 aromatic rings. The van der Waals surface area contributed by atoms with Gasteiger partial charge in [-0.2, -0.15) is 0 Å². The number of aliphatic imine (C=N–C) groups is 1. The quantitative estimate of drug-likeness (QED) is 0.365. The summed E-state index contributed by atoms with van der Waals surface area (Å²) in [5.74, 6) is 0.288. The van der Waals surface area contributed by atoms with Crippen molar-refractivity contribution in [3.05, 3.63) is 74.3 Å². The lowest BCUT2D eigenvalue weighted by atomic mass is 10.2. The van der Waals surface area contributed by atoms with Gasteiger partial charge in [0.25, 0.3) is 10.2 Å². The third-order valence-electron chi connectivity index (χ3n) is 2.16. The van der Waals surface area contributed by atoms with Crippen LogP contribution < -0.4 is 0 Å². The minimum atomic E-state index is -1.50. The van der Waals surface area contributed by atoms with E-state index in [9.17, 15) is 10.2 Å². The van der Waals surface area contributed by atoms with Gasteiger partial charge in [0.05, 0.1) is 0 Å². The summed E-state index contributed by atoms with van der Waals surface area (Å²) in [5, 5.41) is 46.3. The van der Waals surface area contributed by atoms with E-state index in [0.717, 1.165) is 0 Å². The number of nitrogens with zero attached hydrogens (tertiary/aromatic N) is 3. The third-order valence-corrected chi connectivity index (χ3v) is 2.16. The van der Waals surface area contributed by atoms with Crippen LogP contribution in [0, 0.1) is 20.2 Å². The zero-order chi connectivity index (χ0) is 18.5. The molecule has 0 aliphatic carbocycles. The van der Waals surface area contributed by atoms with Gasteiger partial charge < -0.3 is 20.6 Å². The second-order valence-corrected chi connectivity index (χ2v) is 3.78. The average molecular weight is 339 g/mol. The molecular formula is C13H13N3O8. The smallest absolute Gasteiger partial charge is 0.291 e. The van der Waals surface area contributed by atoms with Gasteiger partial charge in [-0.1, -0.05) is 24.3 Å². The third kappa shape index (κ3) is 9.93. The highest BCUT2D eigenvalue weighted by atomic mass is 16.9. The molecule has 2 aromatic carbocycles. The molecule has 0 amide bonds. The van der Waals surface area contributed by atoms with Crippen LogP contribution in [0.25, 0.3) is 0 Å². The second-order valence-electron chi connectivity index (χ2n) is 3.78. The molecule has 24 heavy (non-hydrogen) atoms. The summed E-state index contributed by atoms with van der Waals surface area (Å²) in [5.41, 5.74) is 1.09. The molecule has 4 N–H and O–H groups in total. The SMILES string of the molecule is O=[N+]([O-])O.O=[N+]([O-])O.Oc1ccccc1C=Nc1ccccc1O. The maximum Gasteiger partial charge on any atom is 0.291 e. The van der Waals surface area contributed by atoms with Crippen LogP contribution in [0.5, 0.6) is 11.5 Å². The number of para-hydroxylation sites is 3. The predicted molar refractivity (Wildman–Crippen MR) is 81.0 cm³/mol. The molecule has 0 unspecified atom stereocenters. The van der Waals surface area contributed by atoms with Crippen LogP contribution >= 0.6 is 0 Å². The van der Waals surface area contributed by atoms with E-state index in [1.807, 2.05) is 6.07 Å². The van der Waals surface area contributed by atoms with Crippen molar-refractivity contribution in [3.63, 3.8) is 0 Å². The Morgan fingerprint density at radius 1 is 0.833 bits per heavy atom. The maximum absolute atomic E-state index is 9.50. The van der Waals surface area contributed by atoms with E-state index in [-0.39, 0.29) is 11.5 Å². The topological polar surface area (TPSA) is 180 Å². The summed E-state index contributed by atoms with van der Waals surface area (Å²) in [6, 6.07) is 13.7. The molecule has 0 aliphatic rings. The first-order valence-corrected chi connectivity index (χ1v) is 6.00. The Labute approximate surface area is 134 Å². The van der Waals surface area contributed by atoms with Crippen LogP contribution in [0.3, 0.4) is 0 Å². The summed E-state index contributed by atoms with van der Waals surface area (Å²) in [4.78, 5) is 20.8. The number of hydrogen-bond acceptors (Lipinski definition) is 7. The fourth-order valence-corrected chi connectivity index (χ4v) is 1.31. The van der Waals surface area contributed by atoms with Crippen LogP contribution in [0.2, 0.25) is 0 Å². The summed E-state index contributed by atoms with van der Waals surface area (Å²) >= 11 is 0. The number of hydrogen-bond donors (Lipinski definition) is 4. The van der Waals surface area contributed by atoms with Gasteiger partial charge in [-0.05, 0) is 24.3 Å². The molecule has 0 aliphatic heterocycles. The first kappa shape index (κ1) is 20.1. The van der Waals surface area contributed by atoms with Crippen LogP contribution in [0.4, 0.5) is 5.69 Å². The zero-order valence-corrected chi connectivity index (χ0v) is 12.0. The van der Waals surface area contributed by atoms with Crippen molar-refractivity contribution in [3.8, 4) is 11.5 Å². The molecule has 0 atom stereocenters. The van der Waals surface area contributed by atoms with E-state index in [1.54, 1.807) is 42.5 Å². The second kappa shape index (κ2) is 10.8. The lowest BCUT2D eigenvalue weighted by molar-refractivity contribution is -0.742. The summed E-state index contributed by atoms with van der Waals surface area (Å²) in [7, 11) is 0. The fraction of sp³-hybridized carbons (Fsp3) is 0. The molecule has 0 radical (unpaired) electrons. The molecular weight excluding hydrogens is 326 g/mol. The normalized spacial score (nSPS) is 9.17. The van der Waals surface area contributed by atoms with Crippen molar-refractivity contribution in [2.24, 2.45) is 4.99 Å². The molecule has 11 nitrogen and oxygen atoms in total. The Morgan fingerprint density at radius 3 is 1.71 bits per heavy atom. The van der Waals surface area contributed by atoms with Crippen molar-refractivity contribution in [2.45, 2.75) is 0 Å². The van der Waals surface area contributed by atoms with E-state index < -0.39 is 10.2 Å². The molecule has 0 spiro atoms. The lowest BCUT2D eigenvalue weighted by Crippen LogP contribution is -1.81. The highest BCUT2D eigenvalue weighted by Crippen LogP contribution is 2.25. The van der Waals surface area contributed by atoms with E-state index in [4.69, 9.17) is 30.6 Å². The van der Waals surface area contributed by atoms with Crippen molar-refractivity contribution in [1.82, 2.24) is 0 Å². The molecule has 128 valence electrons. The average Bonchev–Trinajstić information content (AvgIpc) is 2.47. The van der Waals surface area contributed by atoms with Gasteiger partial charge >= 0.3 is 0 Å². The summed E-state index contributed by atoms with van der Waals surface area (Å²) in [6.07, 6.45) is 1.52. The Hall–Kier alpha value is -3.89. The van der Waals surface area contributed by atoms with E-state index >= 15 is 0 Å². The largest absolute Gasteiger partial charge is 0.507 e. The van der Waals surface area contributed by atoms with E-state index in [2.05, 4.69) is 4.99 Å². The van der Waals surface area contributed by atoms with Gasteiger partial charge in [-0.25, -0.2) is 0 Å². The number of phenolic OH excluding ortho intramolecular Hbond substituents is 2. The fourth-order valence-electron chi connectivity index (χ4n) is 1.31. The first-order valence-electron chi connectivity index (χ1n) is 6.00. The summed E-state index contributed by atoms with van der Waals surface area (Å²) in [6.45, 7) is 0. The number of benzene rings is 2. The first-order chi connectivity index (χ1) is 11.2. The van der Waals surface area contributed by atoms with Gasteiger partial charge in [0.2, 0.25) is 0 Å². The Balaban J connectivity index is 0.000000558. The maximum atomic E-state index is 9.50. The van der Waals surface area contributed by atoms with Gasteiger partial charge in [-0.15, -0.1) is 20.2 Å². The minimum absolute atomic E-state index is 0.120. The Morgan fingerprint density at radius 2 is 1.25 bits per heavy atom. The zero-order valence-electron chi connectivity index (χ0n) is 12.0. The molecule has 11 heteroatoms. The molecule has 0 saturated heterocycles. The van der Waals surface area contributed by atoms with Gasteiger partial charge in [0.1, 0.15) is 17.2 Å². The number of phenols is 2. The van der Waals surface area contributed by atoms with Crippen molar-refractivity contribution >= 4 is 11.9 Å². The summed E-state index contributed by atoms with van der Waals surface area (Å²) < 4.78 is 0. The van der Waals surface area contributed by atoms with E-state index in [1.165, 1.54) is 6.21 Å². The Kier molecular flexibility index (Phi) is 9.03. The molecule has 0 heterocycles. The van der Waals surface area contributed by atoms with Crippen LogP contribution in [-0.4, -0.2) is 37.0 Å². The van der Waals surface area contributed by atoms with Gasteiger partial charge in [0.15, 0.2) is 0 Å². The molecule has 0 fully saturated rings. The van der Waals surface area contributed by atoms with Crippen LogP contribution in [-0.2, 0) is 0 Å². The highest BCUT2D eigenvalue weighted by Gasteiger charge is 1.97. The molecule has 0 saturated carbocycles. The lowest BCUT2D eigenvalue weighted by Gasteiger charge is -1.98. The van der Waals surface area contributed by atoms with Crippen molar-refractivity contribution in [1.29, 1.82) is 0 Å². The minimum Gasteiger partial charge on any atom is -0.507 e.